The summed E-state index contributed by atoms with van der Waals surface area (Å²) in [6.07, 6.45) is 3.04. The van der Waals surface area contributed by atoms with Crippen LogP contribution >= 0.6 is 0 Å². The first-order valence-electron chi connectivity index (χ1n) is 10.9. The molecule has 0 bridgehead atoms. The Bertz CT molecular complexity index is 973. The second kappa shape index (κ2) is 13.5. The van der Waals surface area contributed by atoms with Gasteiger partial charge < -0.3 is 20.1 Å². The summed E-state index contributed by atoms with van der Waals surface area (Å²) in [6, 6.07) is 12.6. The summed E-state index contributed by atoms with van der Waals surface area (Å²) in [7, 11) is 0. The summed E-state index contributed by atoms with van der Waals surface area (Å²) in [4.78, 5) is 35.4. The SMILES string of the molecule is CCCNC(=O)C(=O)N/N=C\c1ccc(OCC(=O)Nc2ccc(CC)cc2)c(OCC)c1. The topological polar surface area (TPSA) is 118 Å². The van der Waals surface area contributed by atoms with Gasteiger partial charge in [-0.25, -0.2) is 5.43 Å². The Kier molecular flexibility index (Phi) is 10.4. The maximum absolute atomic E-state index is 12.2. The van der Waals surface area contributed by atoms with E-state index in [9.17, 15) is 14.4 Å². The van der Waals surface area contributed by atoms with Gasteiger partial charge in [-0.1, -0.05) is 26.0 Å². The molecular weight excluding hydrogens is 424 g/mol. The Balaban J connectivity index is 1.94. The summed E-state index contributed by atoms with van der Waals surface area (Å²) in [5.74, 6) is -1.06. The number of nitrogens with zero attached hydrogens (tertiary/aromatic N) is 1. The predicted molar refractivity (Wildman–Crippen MR) is 127 cm³/mol. The highest BCUT2D eigenvalue weighted by atomic mass is 16.5. The fraction of sp³-hybridized carbons (Fsp3) is 0.333. The number of ether oxygens (including phenoxy) is 2. The summed E-state index contributed by atoms with van der Waals surface area (Å²) >= 11 is 0. The zero-order chi connectivity index (χ0) is 24.1. The Morgan fingerprint density at radius 3 is 2.36 bits per heavy atom. The van der Waals surface area contributed by atoms with E-state index in [1.54, 1.807) is 18.2 Å². The maximum atomic E-state index is 12.2. The summed E-state index contributed by atoms with van der Waals surface area (Å²) in [6.45, 7) is 6.40. The molecule has 0 aliphatic heterocycles. The number of benzene rings is 2. The zero-order valence-electron chi connectivity index (χ0n) is 19.1. The molecule has 0 fully saturated rings. The molecule has 9 nitrogen and oxygen atoms in total. The lowest BCUT2D eigenvalue weighted by Crippen LogP contribution is -2.38. The van der Waals surface area contributed by atoms with Gasteiger partial charge in [0.2, 0.25) is 0 Å². The van der Waals surface area contributed by atoms with Crippen LogP contribution in [0.1, 0.15) is 38.3 Å². The highest BCUT2D eigenvalue weighted by molar-refractivity contribution is 6.35. The van der Waals surface area contributed by atoms with Crippen molar-refractivity contribution in [2.45, 2.75) is 33.6 Å². The first kappa shape index (κ1) is 25.4. The molecule has 0 saturated heterocycles. The van der Waals surface area contributed by atoms with Crippen LogP contribution in [0.3, 0.4) is 0 Å². The van der Waals surface area contributed by atoms with Crippen LogP contribution in [0.15, 0.2) is 47.6 Å². The smallest absolute Gasteiger partial charge is 0.329 e. The fourth-order valence-electron chi connectivity index (χ4n) is 2.69. The Labute approximate surface area is 193 Å². The largest absolute Gasteiger partial charge is 0.490 e. The van der Waals surface area contributed by atoms with E-state index in [0.29, 0.717) is 35.9 Å². The number of hydrogen-bond acceptors (Lipinski definition) is 6. The van der Waals surface area contributed by atoms with Crippen LogP contribution in [0.25, 0.3) is 0 Å². The van der Waals surface area contributed by atoms with Gasteiger partial charge in [0.05, 0.1) is 12.8 Å². The van der Waals surface area contributed by atoms with Gasteiger partial charge in [0, 0.05) is 12.2 Å². The molecule has 0 aliphatic carbocycles. The van der Waals surface area contributed by atoms with Gasteiger partial charge in [-0.3, -0.25) is 14.4 Å². The molecule has 33 heavy (non-hydrogen) atoms. The van der Waals surface area contributed by atoms with Crippen molar-refractivity contribution in [2.75, 3.05) is 25.1 Å². The van der Waals surface area contributed by atoms with E-state index in [0.717, 1.165) is 12.8 Å². The van der Waals surface area contributed by atoms with E-state index in [2.05, 4.69) is 28.1 Å². The normalized spacial score (nSPS) is 10.5. The molecule has 0 atom stereocenters. The third-order valence-electron chi connectivity index (χ3n) is 4.39. The van der Waals surface area contributed by atoms with Crippen molar-refractivity contribution in [3.05, 3.63) is 53.6 Å². The van der Waals surface area contributed by atoms with Crippen molar-refractivity contribution in [2.24, 2.45) is 5.10 Å². The van der Waals surface area contributed by atoms with Crippen molar-refractivity contribution in [1.82, 2.24) is 10.7 Å². The number of hydrazone groups is 1. The van der Waals surface area contributed by atoms with Crippen molar-refractivity contribution in [1.29, 1.82) is 0 Å². The van der Waals surface area contributed by atoms with Crippen LogP contribution in [0.4, 0.5) is 5.69 Å². The van der Waals surface area contributed by atoms with Gasteiger partial charge in [0.15, 0.2) is 18.1 Å². The van der Waals surface area contributed by atoms with Gasteiger partial charge in [-0.2, -0.15) is 5.10 Å². The van der Waals surface area contributed by atoms with E-state index in [4.69, 9.17) is 9.47 Å². The molecule has 0 aliphatic rings. The zero-order valence-corrected chi connectivity index (χ0v) is 19.1. The van der Waals surface area contributed by atoms with Crippen molar-refractivity contribution >= 4 is 29.6 Å². The lowest BCUT2D eigenvalue weighted by atomic mass is 10.1. The molecule has 0 heterocycles. The van der Waals surface area contributed by atoms with Crippen LogP contribution in [0.5, 0.6) is 11.5 Å². The van der Waals surface area contributed by atoms with Gasteiger partial charge in [0.1, 0.15) is 0 Å². The van der Waals surface area contributed by atoms with Crippen molar-refractivity contribution in [3.8, 4) is 11.5 Å². The lowest BCUT2D eigenvalue weighted by Gasteiger charge is -2.13. The van der Waals surface area contributed by atoms with Crippen LogP contribution in [-0.4, -0.2) is 43.7 Å². The van der Waals surface area contributed by atoms with Crippen LogP contribution in [0, 0.1) is 0 Å². The van der Waals surface area contributed by atoms with E-state index in [1.165, 1.54) is 11.8 Å². The van der Waals surface area contributed by atoms with E-state index in [-0.39, 0.29) is 12.5 Å². The van der Waals surface area contributed by atoms with E-state index in [1.807, 2.05) is 38.1 Å². The Hall–Kier alpha value is -3.88. The molecule has 0 spiro atoms. The Morgan fingerprint density at radius 1 is 0.939 bits per heavy atom. The molecule has 9 heteroatoms. The molecule has 2 rings (SSSR count). The summed E-state index contributed by atoms with van der Waals surface area (Å²) in [5, 5.41) is 9.04. The lowest BCUT2D eigenvalue weighted by molar-refractivity contribution is -0.139. The molecule has 0 aromatic heterocycles. The van der Waals surface area contributed by atoms with Crippen LogP contribution in [0.2, 0.25) is 0 Å². The standard InChI is InChI=1S/C24H30N4O5/c1-4-13-25-23(30)24(31)28-26-15-18-9-12-20(21(14-18)32-6-3)33-16-22(29)27-19-10-7-17(5-2)8-11-19/h7-12,14-15H,4-6,13,16H2,1-3H3,(H,25,30)(H,27,29)(H,28,31)/b26-15-. The van der Waals surface area contributed by atoms with Crippen molar-refractivity contribution < 1.29 is 23.9 Å². The number of anilines is 1. The van der Waals surface area contributed by atoms with Crippen LogP contribution < -0.4 is 25.5 Å². The number of nitrogens with one attached hydrogen (secondary N) is 3. The first-order valence-corrected chi connectivity index (χ1v) is 10.9. The molecular formula is C24H30N4O5. The molecule has 2 aromatic rings. The maximum Gasteiger partial charge on any atom is 0.329 e. The highest BCUT2D eigenvalue weighted by Gasteiger charge is 2.12. The molecule has 3 N–H and O–H groups in total. The van der Waals surface area contributed by atoms with Gasteiger partial charge in [-0.15, -0.1) is 0 Å². The van der Waals surface area contributed by atoms with E-state index >= 15 is 0 Å². The predicted octanol–water partition coefficient (Wildman–Crippen LogP) is 2.64. The number of carbonyl (C=O) groups excluding carboxylic acids is 3. The fourth-order valence-corrected chi connectivity index (χ4v) is 2.69. The number of amides is 3. The molecule has 0 saturated carbocycles. The first-order chi connectivity index (χ1) is 16.0. The number of carbonyl (C=O) groups is 3. The summed E-state index contributed by atoms with van der Waals surface area (Å²) < 4.78 is 11.2. The molecule has 0 radical (unpaired) electrons. The Morgan fingerprint density at radius 2 is 1.70 bits per heavy atom. The average Bonchev–Trinajstić information content (AvgIpc) is 2.82. The van der Waals surface area contributed by atoms with Gasteiger partial charge >= 0.3 is 11.8 Å². The van der Waals surface area contributed by atoms with Gasteiger partial charge in [-0.05, 0) is 61.2 Å². The minimum atomic E-state index is -0.847. The monoisotopic (exact) mass is 454 g/mol. The highest BCUT2D eigenvalue weighted by Crippen LogP contribution is 2.28. The van der Waals surface area contributed by atoms with E-state index < -0.39 is 11.8 Å². The van der Waals surface area contributed by atoms with Crippen molar-refractivity contribution in [3.63, 3.8) is 0 Å². The number of hydrogen-bond donors (Lipinski definition) is 3. The second-order valence-corrected chi connectivity index (χ2v) is 6.98. The third-order valence-corrected chi connectivity index (χ3v) is 4.39. The quantitative estimate of drug-likeness (QED) is 0.274. The molecule has 3 amide bonds. The molecule has 2 aromatic carbocycles. The average molecular weight is 455 g/mol. The third kappa shape index (κ3) is 8.64. The second-order valence-electron chi connectivity index (χ2n) is 6.98. The minimum absolute atomic E-state index is 0.189. The molecule has 176 valence electrons. The van der Waals surface area contributed by atoms with Gasteiger partial charge in [0.25, 0.3) is 5.91 Å². The minimum Gasteiger partial charge on any atom is -0.490 e. The summed E-state index contributed by atoms with van der Waals surface area (Å²) in [5.41, 5.74) is 4.67. The van der Waals surface area contributed by atoms with Crippen LogP contribution in [-0.2, 0) is 20.8 Å². The number of aryl methyl sites for hydroxylation is 1. The number of rotatable bonds is 11. The molecule has 0 unspecified atom stereocenters.